The van der Waals surface area contributed by atoms with Crippen LogP contribution in [-0.2, 0) is 11.8 Å². The van der Waals surface area contributed by atoms with Gasteiger partial charge in [-0.15, -0.1) is 0 Å². The van der Waals surface area contributed by atoms with E-state index in [-0.39, 0.29) is 5.97 Å². The number of nitrogens with zero attached hydrogens (tertiary/aromatic N) is 1. The lowest BCUT2D eigenvalue weighted by Crippen LogP contribution is -2.02. The van der Waals surface area contributed by atoms with Crippen molar-refractivity contribution in [3.05, 3.63) is 48.2 Å². The van der Waals surface area contributed by atoms with E-state index < -0.39 is 0 Å². The third-order valence-electron chi connectivity index (χ3n) is 2.59. The number of carbonyl (C=O) groups excluding carboxylic acids is 1. The summed E-state index contributed by atoms with van der Waals surface area (Å²) in [4.78, 5) is 11.6. The first-order chi connectivity index (χ1) is 8.22. The average Bonchev–Trinajstić information content (AvgIpc) is 2.73. The molecule has 0 spiro atoms. The van der Waals surface area contributed by atoms with Gasteiger partial charge in [0.2, 0.25) is 0 Å². The molecule has 0 aliphatic carbocycles. The van der Waals surface area contributed by atoms with Gasteiger partial charge in [-0.1, -0.05) is 30.3 Å². The van der Waals surface area contributed by atoms with Crippen molar-refractivity contribution in [2.45, 2.75) is 6.92 Å². The first-order valence-corrected chi connectivity index (χ1v) is 5.61. The summed E-state index contributed by atoms with van der Waals surface area (Å²) in [5.74, 6) is -0.273. The van der Waals surface area contributed by atoms with Gasteiger partial charge in [-0.3, -0.25) is 0 Å². The molecule has 0 amide bonds. The van der Waals surface area contributed by atoms with Gasteiger partial charge in [0.1, 0.15) is 0 Å². The summed E-state index contributed by atoms with van der Waals surface area (Å²) in [6.07, 6.45) is 1.79. The van der Waals surface area contributed by atoms with Crippen LogP contribution in [0.15, 0.2) is 42.6 Å². The molecule has 88 valence electrons. The maximum atomic E-state index is 11.6. The molecule has 0 bridgehead atoms. The summed E-state index contributed by atoms with van der Waals surface area (Å²) >= 11 is 0. The number of carbonyl (C=O) groups is 1. The van der Waals surface area contributed by atoms with Gasteiger partial charge in [0.15, 0.2) is 0 Å². The molecular weight excluding hydrogens is 214 g/mol. The fourth-order valence-corrected chi connectivity index (χ4v) is 1.79. The summed E-state index contributed by atoms with van der Waals surface area (Å²) in [6, 6.07) is 11.8. The Morgan fingerprint density at radius 2 is 2.00 bits per heavy atom. The third-order valence-corrected chi connectivity index (χ3v) is 2.59. The lowest BCUT2D eigenvalue weighted by Gasteiger charge is -2.01. The van der Waals surface area contributed by atoms with Crippen LogP contribution in [-0.4, -0.2) is 17.1 Å². The van der Waals surface area contributed by atoms with E-state index >= 15 is 0 Å². The molecule has 0 aliphatic heterocycles. The van der Waals surface area contributed by atoms with Crippen LogP contribution < -0.4 is 0 Å². The van der Waals surface area contributed by atoms with Crippen LogP contribution >= 0.6 is 0 Å². The minimum absolute atomic E-state index is 0.273. The predicted octanol–water partition coefficient (Wildman–Crippen LogP) is 2.87. The number of benzene rings is 1. The van der Waals surface area contributed by atoms with Gasteiger partial charge < -0.3 is 9.30 Å². The molecular formula is C14H15NO2. The first kappa shape index (κ1) is 11.5. The van der Waals surface area contributed by atoms with E-state index in [9.17, 15) is 4.79 Å². The zero-order chi connectivity index (χ0) is 12.3. The van der Waals surface area contributed by atoms with Gasteiger partial charge in [0, 0.05) is 18.9 Å². The minimum Gasteiger partial charge on any atom is -0.462 e. The van der Waals surface area contributed by atoms with E-state index in [0.29, 0.717) is 12.2 Å². The molecule has 3 nitrogen and oxygen atoms in total. The zero-order valence-corrected chi connectivity index (χ0v) is 10.0. The van der Waals surface area contributed by atoms with Crippen molar-refractivity contribution in [1.82, 2.24) is 4.57 Å². The monoisotopic (exact) mass is 229 g/mol. The Bertz CT molecular complexity index is 514. The summed E-state index contributed by atoms with van der Waals surface area (Å²) in [6.45, 7) is 2.20. The van der Waals surface area contributed by atoms with Crippen LogP contribution in [0, 0.1) is 0 Å². The van der Waals surface area contributed by atoms with Crippen LogP contribution in [0.1, 0.15) is 17.3 Å². The highest BCUT2D eigenvalue weighted by atomic mass is 16.5. The fourth-order valence-electron chi connectivity index (χ4n) is 1.79. The molecule has 2 aromatic rings. The van der Waals surface area contributed by atoms with E-state index in [2.05, 4.69) is 0 Å². The number of hydrogen-bond donors (Lipinski definition) is 0. The Hall–Kier alpha value is -2.03. The highest BCUT2D eigenvalue weighted by molar-refractivity contribution is 5.91. The Labute approximate surface area is 101 Å². The van der Waals surface area contributed by atoms with E-state index in [1.165, 1.54) is 0 Å². The van der Waals surface area contributed by atoms with Gasteiger partial charge in [-0.05, 0) is 18.6 Å². The molecule has 0 saturated heterocycles. The van der Waals surface area contributed by atoms with Gasteiger partial charge in [-0.2, -0.15) is 0 Å². The van der Waals surface area contributed by atoms with Crippen LogP contribution in [0.5, 0.6) is 0 Å². The number of esters is 1. The summed E-state index contributed by atoms with van der Waals surface area (Å²) in [5, 5.41) is 0. The van der Waals surface area contributed by atoms with Crippen molar-refractivity contribution in [2.75, 3.05) is 6.61 Å². The molecule has 0 N–H and O–H groups in total. The molecule has 0 unspecified atom stereocenters. The van der Waals surface area contributed by atoms with Gasteiger partial charge in [0.05, 0.1) is 12.2 Å². The van der Waals surface area contributed by atoms with Crippen LogP contribution in [0.4, 0.5) is 0 Å². The van der Waals surface area contributed by atoms with Crippen molar-refractivity contribution in [2.24, 2.45) is 7.05 Å². The first-order valence-electron chi connectivity index (χ1n) is 5.61. The highest BCUT2D eigenvalue weighted by Crippen LogP contribution is 2.21. The quantitative estimate of drug-likeness (QED) is 0.758. The standard InChI is InChI=1S/C14H15NO2/c1-3-17-14(16)12-9-13(15(2)10-12)11-7-5-4-6-8-11/h4-10H,3H2,1-2H3. The molecule has 1 aromatic carbocycles. The lowest BCUT2D eigenvalue weighted by molar-refractivity contribution is 0.0526. The molecule has 0 atom stereocenters. The van der Waals surface area contributed by atoms with Crippen molar-refractivity contribution in [3.8, 4) is 11.3 Å². The molecule has 1 heterocycles. The SMILES string of the molecule is CCOC(=O)c1cc(-c2ccccc2)n(C)c1. The Morgan fingerprint density at radius 1 is 1.29 bits per heavy atom. The second kappa shape index (κ2) is 4.87. The number of ether oxygens (including phenoxy) is 1. The summed E-state index contributed by atoms with van der Waals surface area (Å²) < 4.78 is 6.91. The molecule has 17 heavy (non-hydrogen) atoms. The number of aromatic nitrogens is 1. The normalized spacial score (nSPS) is 10.2. The molecule has 0 radical (unpaired) electrons. The Balaban J connectivity index is 2.35. The second-order valence-corrected chi connectivity index (χ2v) is 3.81. The van der Waals surface area contributed by atoms with Gasteiger partial charge in [0.25, 0.3) is 0 Å². The smallest absolute Gasteiger partial charge is 0.339 e. The minimum atomic E-state index is -0.273. The zero-order valence-electron chi connectivity index (χ0n) is 10.0. The lowest BCUT2D eigenvalue weighted by atomic mass is 10.1. The van der Waals surface area contributed by atoms with Crippen molar-refractivity contribution < 1.29 is 9.53 Å². The Kier molecular flexibility index (Phi) is 3.28. The number of rotatable bonds is 3. The van der Waals surface area contributed by atoms with Gasteiger partial charge in [-0.25, -0.2) is 4.79 Å². The van der Waals surface area contributed by atoms with Crippen molar-refractivity contribution in [1.29, 1.82) is 0 Å². The van der Waals surface area contributed by atoms with Crippen LogP contribution in [0.3, 0.4) is 0 Å². The van der Waals surface area contributed by atoms with E-state index in [4.69, 9.17) is 4.74 Å². The van der Waals surface area contributed by atoms with E-state index in [0.717, 1.165) is 11.3 Å². The molecule has 2 rings (SSSR count). The van der Waals surface area contributed by atoms with E-state index in [1.807, 2.05) is 48.0 Å². The molecule has 3 heteroatoms. The molecule has 1 aromatic heterocycles. The highest BCUT2D eigenvalue weighted by Gasteiger charge is 2.12. The topological polar surface area (TPSA) is 31.2 Å². The van der Waals surface area contributed by atoms with Gasteiger partial charge >= 0.3 is 5.97 Å². The van der Waals surface area contributed by atoms with E-state index in [1.54, 1.807) is 13.1 Å². The van der Waals surface area contributed by atoms with Crippen LogP contribution in [0.25, 0.3) is 11.3 Å². The maximum absolute atomic E-state index is 11.6. The summed E-state index contributed by atoms with van der Waals surface area (Å²) in [7, 11) is 1.92. The maximum Gasteiger partial charge on any atom is 0.339 e. The van der Waals surface area contributed by atoms with Crippen molar-refractivity contribution in [3.63, 3.8) is 0 Å². The van der Waals surface area contributed by atoms with Crippen molar-refractivity contribution >= 4 is 5.97 Å². The third kappa shape index (κ3) is 2.38. The predicted molar refractivity (Wildman–Crippen MR) is 66.8 cm³/mol. The molecule has 0 aliphatic rings. The largest absolute Gasteiger partial charge is 0.462 e. The molecule has 0 saturated carbocycles. The average molecular weight is 229 g/mol. The number of aryl methyl sites for hydroxylation is 1. The van der Waals surface area contributed by atoms with Crippen LogP contribution in [0.2, 0.25) is 0 Å². The summed E-state index contributed by atoms with van der Waals surface area (Å²) in [5.41, 5.74) is 2.69. The number of hydrogen-bond acceptors (Lipinski definition) is 2. The molecule has 0 fully saturated rings. The fraction of sp³-hybridized carbons (Fsp3) is 0.214. The Morgan fingerprint density at radius 3 is 2.65 bits per heavy atom. The second-order valence-electron chi connectivity index (χ2n) is 3.81.